The molecule has 4 heteroatoms. The predicted molar refractivity (Wildman–Crippen MR) is 46.6 cm³/mol. The Balaban J connectivity index is 2.39. The molecule has 2 N–H and O–H groups in total. The molecule has 0 aliphatic heterocycles. The van der Waals surface area contributed by atoms with Crippen molar-refractivity contribution in [2.75, 3.05) is 13.2 Å². The van der Waals surface area contributed by atoms with Crippen LogP contribution in [0.2, 0.25) is 0 Å². The van der Waals surface area contributed by atoms with Crippen LogP contribution >= 0.6 is 0 Å². The normalized spacial score (nSPS) is 10.5. The van der Waals surface area contributed by atoms with Crippen molar-refractivity contribution in [3.05, 3.63) is 18.2 Å². The first kappa shape index (κ1) is 9.22. The SMILES string of the molecule is CCn1cncc1COCCN. The van der Waals surface area contributed by atoms with Crippen LogP contribution < -0.4 is 5.73 Å². The summed E-state index contributed by atoms with van der Waals surface area (Å²) in [5, 5.41) is 0. The third-order valence-corrected chi connectivity index (χ3v) is 1.65. The van der Waals surface area contributed by atoms with Gasteiger partial charge in [-0.2, -0.15) is 0 Å². The molecular weight excluding hydrogens is 154 g/mol. The molecule has 1 heterocycles. The lowest BCUT2D eigenvalue weighted by atomic mass is 10.5. The summed E-state index contributed by atoms with van der Waals surface area (Å²) in [4.78, 5) is 4.02. The second-order valence-corrected chi connectivity index (χ2v) is 2.51. The Kier molecular flexibility index (Phi) is 3.76. The first-order chi connectivity index (χ1) is 5.88. The van der Waals surface area contributed by atoms with Gasteiger partial charge in [-0.05, 0) is 6.92 Å². The predicted octanol–water partition coefficient (Wildman–Crippen LogP) is 0.378. The maximum absolute atomic E-state index is 5.29. The van der Waals surface area contributed by atoms with Crippen LogP contribution in [0.3, 0.4) is 0 Å². The fourth-order valence-corrected chi connectivity index (χ4v) is 1.01. The van der Waals surface area contributed by atoms with Crippen molar-refractivity contribution in [3.8, 4) is 0 Å². The zero-order chi connectivity index (χ0) is 8.81. The number of aryl methyl sites for hydroxylation is 1. The molecule has 0 bridgehead atoms. The molecule has 0 fully saturated rings. The summed E-state index contributed by atoms with van der Waals surface area (Å²) in [6, 6.07) is 0. The van der Waals surface area contributed by atoms with E-state index < -0.39 is 0 Å². The third-order valence-electron chi connectivity index (χ3n) is 1.65. The highest BCUT2D eigenvalue weighted by molar-refractivity contribution is 4.95. The minimum absolute atomic E-state index is 0.570. The van der Waals surface area contributed by atoms with E-state index in [-0.39, 0.29) is 0 Å². The lowest BCUT2D eigenvalue weighted by molar-refractivity contribution is 0.123. The van der Waals surface area contributed by atoms with Crippen molar-refractivity contribution < 1.29 is 4.74 Å². The van der Waals surface area contributed by atoms with Gasteiger partial charge in [-0.25, -0.2) is 4.98 Å². The van der Waals surface area contributed by atoms with Gasteiger partial charge < -0.3 is 15.0 Å². The molecule has 12 heavy (non-hydrogen) atoms. The highest BCUT2D eigenvalue weighted by Gasteiger charge is 1.98. The van der Waals surface area contributed by atoms with Gasteiger partial charge in [0.05, 0.1) is 31.4 Å². The van der Waals surface area contributed by atoms with Gasteiger partial charge in [0.1, 0.15) is 0 Å². The number of hydrogen-bond donors (Lipinski definition) is 1. The molecule has 0 saturated heterocycles. The Hall–Kier alpha value is -0.870. The van der Waals surface area contributed by atoms with Crippen LogP contribution in [0, 0.1) is 0 Å². The number of nitrogens with two attached hydrogens (primary N) is 1. The largest absolute Gasteiger partial charge is 0.374 e. The van der Waals surface area contributed by atoms with E-state index in [4.69, 9.17) is 10.5 Å². The van der Waals surface area contributed by atoms with Crippen LogP contribution in [-0.2, 0) is 17.9 Å². The number of rotatable bonds is 5. The van der Waals surface area contributed by atoms with Gasteiger partial charge in [0, 0.05) is 13.1 Å². The fraction of sp³-hybridized carbons (Fsp3) is 0.625. The van der Waals surface area contributed by atoms with Crippen molar-refractivity contribution in [2.45, 2.75) is 20.1 Å². The van der Waals surface area contributed by atoms with Crippen molar-refractivity contribution >= 4 is 0 Å². The summed E-state index contributed by atoms with van der Waals surface area (Å²) >= 11 is 0. The molecule has 1 aromatic rings. The standard InChI is InChI=1S/C8H15N3O/c1-2-11-7-10-5-8(11)6-12-4-3-9/h5,7H,2-4,6,9H2,1H3. The van der Waals surface area contributed by atoms with Crippen LogP contribution in [-0.4, -0.2) is 22.7 Å². The van der Waals surface area contributed by atoms with Crippen LogP contribution in [0.15, 0.2) is 12.5 Å². The summed E-state index contributed by atoms with van der Waals surface area (Å²) in [6.07, 6.45) is 3.63. The Morgan fingerprint density at radius 3 is 3.17 bits per heavy atom. The van der Waals surface area contributed by atoms with E-state index in [9.17, 15) is 0 Å². The van der Waals surface area contributed by atoms with Crippen molar-refractivity contribution in [1.29, 1.82) is 0 Å². The van der Waals surface area contributed by atoms with E-state index in [2.05, 4.69) is 16.5 Å². The molecule has 0 aromatic carbocycles. The van der Waals surface area contributed by atoms with E-state index in [0.717, 1.165) is 12.2 Å². The highest BCUT2D eigenvalue weighted by atomic mass is 16.5. The van der Waals surface area contributed by atoms with E-state index in [1.807, 2.05) is 6.20 Å². The molecule has 0 unspecified atom stereocenters. The summed E-state index contributed by atoms with van der Waals surface area (Å²) in [6.45, 7) is 4.79. The molecule has 68 valence electrons. The molecule has 0 spiro atoms. The minimum atomic E-state index is 0.570. The average Bonchev–Trinajstić information content (AvgIpc) is 2.52. The smallest absolute Gasteiger partial charge is 0.0948 e. The van der Waals surface area contributed by atoms with E-state index in [1.165, 1.54) is 0 Å². The van der Waals surface area contributed by atoms with Gasteiger partial charge in [0.15, 0.2) is 0 Å². The molecule has 0 atom stereocenters. The fourth-order valence-electron chi connectivity index (χ4n) is 1.01. The number of hydrogen-bond acceptors (Lipinski definition) is 3. The van der Waals surface area contributed by atoms with Crippen LogP contribution in [0.1, 0.15) is 12.6 Å². The van der Waals surface area contributed by atoms with Gasteiger partial charge in [-0.15, -0.1) is 0 Å². The minimum Gasteiger partial charge on any atom is -0.374 e. The molecule has 0 radical (unpaired) electrons. The topological polar surface area (TPSA) is 53.1 Å². The first-order valence-corrected chi connectivity index (χ1v) is 4.15. The van der Waals surface area contributed by atoms with Gasteiger partial charge in [-0.1, -0.05) is 0 Å². The first-order valence-electron chi connectivity index (χ1n) is 4.15. The Bertz CT molecular complexity index is 222. The monoisotopic (exact) mass is 169 g/mol. The summed E-state index contributed by atoms with van der Waals surface area (Å²) in [7, 11) is 0. The lowest BCUT2D eigenvalue weighted by Gasteiger charge is -2.04. The maximum atomic E-state index is 5.29. The number of nitrogens with zero attached hydrogens (tertiary/aromatic N) is 2. The van der Waals surface area contributed by atoms with Gasteiger partial charge in [0.25, 0.3) is 0 Å². The average molecular weight is 169 g/mol. The molecule has 0 saturated carbocycles. The van der Waals surface area contributed by atoms with Crippen molar-refractivity contribution in [1.82, 2.24) is 9.55 Å². The zero-order valence-corrected chi connectivity index (χ0v) is 7.36. The molecule has 1 aromatic heterocycles. The zero-order valence-electron chi connectivity index (χ0n) is 7.36. The van der Waals surface area contributed by atoms with Crippen molar-refractivity contribution in [2.24, 2.45) is 5.73 Å². The number of imidazole rings is 1. The summed E-state index contributed by atoms with van der Waals surface area (Å²) < 4.78 is 7.34. The summed E-state index contributed by atoms with van der Waals surface area (Å²) in [5.41, 5.74) is 6.39. The van der Waals surface area contributed by atoms with E-state index >= 15 is 0 Å². The highest BCUT2D eigenvalue weighted by Crippen LogP contribution is 2.00. The molecule has 0 aliphatic rings. The Labute approximate surface area is 72.3 Å². The van der Waals surface area contributed by atoms with Gasteiger partial charge in [-0.3, -0.25) is 0 Å². The third kappa shape index (κ3) is 2.32. The second-order valence-electron chi connectivity index (χ2n) is 2.51. The quantitative estimate of drug-likeness (QED) is 0.648. The van der Waals surface area contributed by atoms with Crippen LogP contribution in [0.25, 0.3) is 0 Å². The lowest BCUT2D eigenvalue weighted by Crippen LogP contribution is -2.09. The van der Waals surface area contributed by atoms with Crippen LogP contribution in [0.5, 0.6) is 0 Å². The van der Waals surface area contributed by atoms with Gasteiger partial charge in [0.2, 0.25) is 0 Å². The molecule has 4 nitrogen and oxygen atoms in total. The second kappa shape index (κ2) is 4.90. The maximum Gasteiger partial charge on any atom is 0.0948 e. The molecular formula is C8H15N3O. The Morgan fingerprint density at radius 1 is 1.67 bits per heavy atom. The summed E-state index contributed by atoms with van der Waals surface area (Å²) in [5.74, 6) is 0. The van der Waals surface area contributed by atoms with E-state index in [1.54, 1.807) is 6.33 Å². The van der Waals surface area contributed by atoms with Crippen molar-refractivity contribution in [3.63, 3.8) is 0 Å². The van der Waals surface area contributed by atoms with E-state index in [0.29, 0.717) is 19.8 Å². The van der Waals surface area contributed by atoms with Gasteiger partial charge >= 0.3 is 0 Å². The number of ether oxygens (including phenoxy) is 1. The number of aromatic nitrogens is 2. The molecule has 0 amide bonds. The molecule has 1 rings (SSSR count). The Morgan fingerprint density at radius 2 is 2.50 bits per heavy atom. The van der Waals surface area contributed by atoms with Crippen LogP contribution in [0.4, 0.5) is 0 Å². The molecule has 0 aliphatic carbocycles.